The van der Waals surface area contributed by atoms with E-state index in [1.807, 2.05) is 0 Å². The summed E-state index contributed by atoms with van der Waals surface area (Å²) in [5.41, 5.74) is 0. The zero-order valence-corrected chi connectivity index (χ0v) is 43.1. The van der Waals surface area contributed by atoms with Crippen molar-refractivity contribution in [2.24, 2.45) is 0 Å². The summed E-state index contributed by atoms with van der Waals surface area (Å²) >= 11 is 2.52. The first-order chi connectivity index (χ1) is 33.2. The largest absolute Gasteiger partial charge is 2.00 e. The average Bonchev–Trinajstić information content (AvgIpc) is 4.04. The minimum Gasteiger partial charge on any atom is -0.463 e. The van der Waals surface area contributed by atoms with Crippen LogP contribution in [0.25, 0.3) is 0 Å². The molecule has 0 aromatic heterocycles. The summed E-state index contributed by atoms with van der Waals surface area (Å²) in [6.45, 7) is 6.49. The molecule has 0 spiro atoms. The Kier molecular flexibility index (Phi) is 29.5. The third kappa shape index (κ3) is 22.4. The molecule has 10 atom stereocenters. The molecule has 25 heteroatoms. The number of ether oxygens (including phenoxy) is 10. The topological polar surface area (TPSA) is 287 Å². The van der Waals surface area contributed by atoms with Gasteiger partial charge in [0.15, 0.2) is 37.0 Å². The maximum Gasteiger partial charge on any atom is 2.00 e. The minimum atomic E-state index is -1.18. The van der Waals surface area contributed by atoms with Crippen LogP contribution in [0.3, 0.4) is 0 Å². The summed E-state index contributed by atoms with van der Waals surface area (Å²) in [5, 5.41) is 5.42. The molecule has 0 bridgehead atoms. The first kappa shape index (κ1) is 63.3. The molecule has 4 fully saturated rings. The summed E-state index contributed by atoms with van der Waals surface area (Å²) in [6.07, 6.45) is 5.69. The third-order valence-corrected chi connectivity index (χ3v) is 11.8. The van der Waals surface area contributed by atoms with Crippen LogP contribution in [-0.4, -0.2) is 171 Å². The number of amides is 2. The van der Waals surface area contributed by atoms with Crippen molar-refractivity contribution in [3.63, 3.8) is 0 Å². The number of thioether (sulfide) groups is 2. The van der Waals surface area contributed by atoms with E-state index < -0.39 is 109 Å². The van der Waals surface area contributed by atoms with Crippen molar-refractivity contribution in [1.82, 2.24) is 10.6 Å². The van der Waals surface area contributed by atoms with Crippen LogP contribution in [0.2, 0.25) is 0 Å². The molecule has 392 valence electrons. The Morgan fingerprint density at radius 1 is 0.493 bits per heavy atom. The zero-order chi connectivity index (χ0) is 51.9. The van der Waals surface area contributed by atoms with E-state index in [4.69, 9.17) is 47.4 Å². The van der Waals surface area contributed by atoms with Gasteiger partial charge in [0.1, 0.15) is 49.1 Å². The second-order valence-corrected chi connectivity index (χ2v) is 17.7. The van der Waals surface area contributed by atoms with Gasteiger partial charge in [0.25, 0.3) is 0 Å². The van der Waals surface area contributed by atoms with E-state index in [0.29, 0.717) is 23.3 Å². The molecule has 2 saturated heterocycles. The van der Waals surface area contributed by atoms with Crippen molar-refractivity contribution in [3.05, 3.63) is 63.2 Å². The van der Waals surface area contributed by atoms with Crippen molar-refractivity contribution in [1.29, 1.82) is 0 Å². The number of methoxy groups -OCH3 is 2. The summed E-state index contributed by atoms with van der Waals surface area (Å²) in [7, 11) is 2.65. The minimum absolute atomic E-state index is 0. The first-order valence-electron chi connectivity index (χ1n) is 21.8. The zero-order valence-electron chi connectivity index (χ0n) is 40.4. The number of carbonyl (C=O) groups excluding carboxylic acids is 10. The van der Waals surface area contributed by atoms with Gasteiger partial charge in [0.05, 0.1) is 11.5 Å². The Balaban J connectivity index is 0.000000480. The molecule has 2 heterocycles. The number of esters is 6. The molecular weight excluding hydrogens is 1020 g/mol. The number of rotatable bonds is 24. The standard InChI is InChI=1S/2C23H30NO10S.Fe/c2*1-13(25)31-11-18-21(32-14(2)26)22(33-15(3)27)20(23(30-4)34-18)24-19(29)12-35-10-9-17(28)16-7-5-6-8-16;/h2*5-8,18,20-23H,9-12H2,1-4H3,(H,24,29);/q;;+2/t2*18-,20-,21-,22-,23+;/m11./s1. The van der Waals surface area contributed by atoms with Gasteiger partial charge in [-0.05, 0) is 51.4 Å². The Labute approximate surface area is 433 Å². The van der Waals surface area contributed by atoms with Crippen molar-refractivity contribution < 1.29 is 112 Å². The molecule has 0 aromatic rings. The second kappa shape index (κ2) is 33.1. The number of hydrogen-bond donors (Lipinski definition) is 2. The van der Waals surface area contributed by atoms with Crippen LogP contribution in [0.5, 0.6) is 0 Å². The van der Waals surface area contributed by atoms with Crippen LogP contribution in [0.15, 0.2) is 0 Å². The molecule has 2 aliphatic carbocycles. The van der Waals surface area contributed by atoms with Gasteiger partial charge in [-0.25, -0.2) is 0 Å². The second-order valence-electron chi connectivity index (χ2n) is 15.4. The summed E-state index contributed by atoms with van der Waals surface area (Å²) in [5.74, 6) is -2.65. The van der Waals surface area contributed by atoms with Crippen LogP contribution in [0.1, 0.15) is 54.4 Å². The Bertz CT molecular complexity index is 1670. The molecule has 2 N–H and O–H groups in total. The monoisotopic (exact) mass is 1080 g/mol. The summed E-state index contributed by atoms with van der Waals surface area (Å²) in [6, 6.07) is -2.05. The van der Waals surface area contributed by atoms with Crippen molar-refractivity contribution >= 4 is 82.7 Å². The molecular formula is C46H60FeN2O20S2+2. The molecule has 71 heavy (non-hydrogen) atoms. The number of ketones is 2. The fraction of sp³-hybridized carbons (Fsp3) is 0.565. The molecule has 4 aliphatic rings. The van der Waals surface area contributed by atoms with E-state index in [0.717, 1.165) is 13.8 Å². The van der Waals surface area contributed by atoms with E-state index >= 15 is 0 Å². The third-order valence-electron chi connectivity index (χ3n) is 9.90. The fourth-order valence-electron chi connectivity index (χ4n) is 7.04. The quantitative estimate of drug-likeness (QED) is 0.0583. The predicted molar refractivity (Wildman–Crippen MR) is 245 cm³/mol. The normalized spacial score (nSPS) is 26.2. The Morgan fingerprint density at radius 2 is 0.803 bits per heavy atom. The Hall–Kier alpha value is -3.84. The van der Waals surface area contributed by atoms with Gasteiger partial charge < -0.3 is 58.0 Å². The Morgan fingerprint density at radius 3 is 1.08 bits per heavy atom. The van der Waals surface area contributed by atoms with Crippen LogP contribution in [0.4, 0.5) is 0 Å². The van der Waals surface area contributed by atoms with Crippen LogP contribution >= 0.6 is 23.5 Å². The molecule has 2 amide bonds. The molecule has 10 radical (unpaired) electrons. The summed E-state index contributed by atoms with van der Waals surface area (Å²) in [4.78, 5) is 119. The van der Waals surface area contributed by atoms with Gasteiger partial charge in [0.2, 0.25) is 11.8 Å². The maximum absolute atomic E-state index is 12.7. The van der Waals surface area contributed by atoms with Gasteiger partial charge in [-0.3, -0.25) is 47.9 Å². The van der Waals surface area contributed by atoms with Gasteiger partial charge in [-0.2, -0.15) is 23.5 Å². The number of Topliss-reactive ketones (excluding diaryl/α,β-unsaturated/α-hetero) is 2. The number of nitrogens with one attached hydrogen (secondary N) is 2. The van der Waals surface area contributed by atoms with Gasteiger partial charge in [-0.1, -0.05) is 0 Å². The van der Waals surface area contributed by atoms with Gasteiger partial charge >= 0.3 is 52.9 Å². The molecule has 0 aromatic carbocycles. The van der Waals surface area contributed by atoms with Crippen molar-refractivity contribution in [2.75, 3.05) is 50.4 Å². The van der Waals surface area contributed by atoms with E-state index in [2.05, 4.69) is 10.6 Å². The fourth-order valence-corrected chi connectivity index (χ4v) is 8.52. The van der Waals surface area contributed by atoms with Crippen molar-refractivity contribution in [2.45, 2.75) is 116 Å². The van der Waals surface area contributed by atoms with Crippen LogP contribution < -0.4 is 10.6 Å². The van der Waals surface area contributed by atoms with E-state index in [9.17, 15) is 47.9 Å². The SMILES string of the molecule is CO[C@H]1O[C@H](COC(C)=O)[C@@H](OC(C)=O)[C@H](OC(C)=O)[C@H]1NC(=O)CSCCC(=O)[C]1[CH][CH][CH][CH]1.CO[C@H]1O[C@H](COC(C)=O)[C@@H](OC(C)=O)[C@H](OC(C)=O)[C@H]1NC(=O)CSCCC(=O)[C]1[CH][CH][CH][CH]1.[Fe+2]. The number of carbonyl (C=O) groups is 10. The average molecular weight is 1080 g/mol. The smallest absolute Gasteiger partial charge is 0.463 e. The molecule has 2 saturated carbocycles. The molecule has 4 rings (SSSR count). The van der Waals surface area contributed by atoms with E-state index in [1.54, 1.807) is 51.4 Å². The maximum atomic E-state index is 12.7. The van der Waals surface area contributed by atoms with Crippen LogP contribution in [-0.2, 0) is 112 Å². The van der Waals surface area contributed by atoms with Crippen LogP contribution in [0, 0.1) is 63.2 Å². The first-order valence-corrected chi connectivity index (χ1v) is 24.1. The van der Waals surface area contributed by atoms with E-state index in [-0.39, 0.29) is 66.2 Å². The van der Waals surface area contributed by atoms with Crippen molar-refractivity contribution in [3.8, 4) is 0 Å². The van der Waals surface area contributed by atoms with Gasteiger partial charge in [0, 0.05) is 91.9 Å². The number of hydrogen-bond acceptors (Lipinski definition) is 22. The van der Waals surface area contributed by atoms with Gasteiger partial charge in [-0.15, -0.1) is 0 Å². The molecule has 0 unspecified atom stereocenters. The van der Waals surface area contributed by atoms with E-state index in [1.165, 1.54) is 65.4 Å². The molecule has 2 aliphatic heterocycles. The summed E-state index contributed by atoms with van der Waals surface area (Å²) < 4.78 is 53.7. The molecule has 22 nitrogen and oxygen atoms in total. The predicted octanol–water partition coefficient (Wildman–Crippen LogP) is 0.731.